The Morgan fingerprint density at radius 3 is 2.16 bits per heavy atom. The van der Waals surface area contributed by atoms with Gasteiger partial charge in [-0.3, -0.25) is 14.4 Å². The molecule has 0 atom stereocenters. The highest BCUT2D eigenvalue weighted by atomic mass is 35.5. The summed E-state index contributed by atoms with van der Waals surface area (Å²) in [4.78, 5) is 44.1. The van der Waals surface area contributed by atoms with E-state index in [1.54, 1.807) is 24.5 Å². The third-order valence-electron chi connectivity index (χ3n) is 3.48. The minimum atomic E-state index is -0.208. The molecule has 4 rings (SSSR count). The summed E-state index contributed by atoms with van der Waals surface area (Å²) in [6.07, 6.45) is 7.71. The highest BCUT2D eigenvalue weighted by Crippen LogP contribution is 2.21. The molecule has 0 saturated heterocycles. The Morgan fingerprint density at radius 1 is 0.920 bits per heavy atom. The van der Waals surface area contributed by atoms with E-state index in [2.05, 4.69) is 19.9 Å². The molecule has 0 aliphatic carbocycles. The molecule has 9 heteroatoms. The van der Waals surface area contributed by atoms with E-state index >= 15 is 0 Å². The molecule has 0 aliphatic heterocycles. The van der Waals surface area contributed by atoms with Gasteiger partial charge in [0.15, 0.2) is 17.7 Å². The van der Waals surface area contributed by atoms with Gasteiger partial charge in [0.05, 0.1) is 5.52 Å². The van der Waals surface area contributed by atoms with E-state index in [9.17, 15) is 14.4 Å². The normalized spacial score (nSPS) is 9.96. The fourth-order valence-corrected chi connectivity index (χ4v) is 2.53. The Kier molecular flexibility index (Phi) is 5.74. The van der Waals surface area contributed by atoms with E-state index < -0.39 is 0 Å². The maximum absolute atomic E-state index is 11.1. The summed E-state index contributed by atoms with van der Waals surface area (Å²) >= 11 is 5.77. The van der Waals surface area contributed by atoms with E-state index in [1.165, 1.54) is 12.4 Å². The maximum Gasteiger partial charge on any atom is 0.272 e. The van der Waals surface area contributed by atoms with Crippen LogP contribution in [-0.4, -0.2) is 32.5 Å². The van der Waals surface area contributed by atoms with E-state index in [4.69, 9.17) is 11.6 Å². The number of aromatic nitrogens is 4. The number of H-pyrrole nitrogens is 3. The van der Waals surface area contributed by atoms with Crippen LogP contribution in [0.1, 0.15) is 20.7 Å². The smallest absolute Gasteiger partial charge is 0.272 e. The molecule has 0 aliphatic rings. The number of carbonyl (C=O) groups is 2. The fraction of sp³-hybridized carbons (Fsp3) is 0. The second-order valence-corrected chi connectivity index (χ2v) is 5.20. The summed E-state index contributed by atoms with van der Waals surface area (Å²) in [6.45, 7) is 0. The van der Waals surface area contributed by atoms with Gasteiger partial charge in [-0.1, -0.05) is 11.6 Å². The van der Waals surface area contributed by atoms with Crippen molar-refractivity contribution in [2.24, 2.45) is 0 Å². The first-order valence-corrected chi connectivity index (χ1v) is 7.24. The standard InChI is InChI=1S/C8H5ClN2O.C8H6N2O2.ClH/c9-8-7-6(1-2-10-7)5(4-12)3-11-8;11-4-5-3-10-8(12)7-6(5)1-2-9-7;/h1-4,10H;1-4,9H,(H,10,12);1H. The second-order valence-electron chi connectivity index (χ2n) is 4.85. The molecular weight excluding hydrogens is 367 g/mol. The number of nitrogens with one attached hydrogen (secondary N) is 3. The molecule has 3 N–H and O–H groups in total. The van der Waals surface area contributed by atoms with Gasteiger partial charge < -0.3 is 15.0 Å². The summed E-state index contributed by atoms with van der Waals surface area (Å²) in [5.41, 5.74) is 1.99. The van der Waals surface area contributed by atoms with E-state index in [-0.39, 0.29) is 18.0 Å². The van der Waals surface area contributed by atoms with Gasteiger partial charge in [-0.25, -0.2) is 4.98 Å². The maximum atomic E-state index is 11.1. The molecular formula is C16H12Cl2N4O3. The van der Waals surface area contributed by atoms with Crippen LogP contribution in [0.3, 0.4) is 0 Å². The number of hydrogen-bond acceptors (Lipinski definition) is 4. The average Bonchev–Trinajstić information content (AvgIpc) is 3.26. The third kappa shape index (κ3) is 3.47. The van der Waals surface area contributed by atoms with Gasteiger partial charge in [-0.2, -0.15) is 0 Å². The number of nitrogens with zero attached hydrogens (tertiary/aromatic N) is 1. The number of fused-ring (bicyclic) bond motifs is 2. The predicted octanol–water partition coefficient (Wildman–Crippen LogP) is 3.12. The molecule has 0 unspecified atom stereocenters. The first-order valence-electron chi connectivity index (χ1n) is 6.86. The van der Waals surface area contributed by atoms with Crippen molar-refractivity contribution in [1.82, 2.24) is 19.9 Å². The van der Waals surface area contributed by atoms with Crippen LogP contribution in [0.25, 0.3) is 21.8 Å². The molecule has 0 radical (unpaired) electrons. The largest absolute Gasteiger partial charge is 0.359 e. The summed E-state index contributed by atoms with van der Waals surface area (Å²) in [7, 11) is 0. The first kappa shape index (κ1) is 18.4. The van der Waals surface area contributed by atoms with E-state index in [0.717, 1.165) is 11.7 Å². The van der Waals surface area contributed by atoms with Crippen LogP contribution in [0.4, 0.5) is 0 Å². The minimum Gasteiger partial charge on any atom is -0.359 e. The second kappa shape index (κ2) is 7.78. The van der Waals surface area contributed by atoms with Crippen LogP contribution in [0.15, 0.2) is 41.7 Å². The van der Waals surface area contributed by atoms with Crippen molar-refractivity contribution >= 4 is 58.4 Å². The van der Waals surface area contributed by atoms with Gasteiger partial charge in [0.2, 0.25) is 0 Å². The minimum absolute atomic E-state index is 0. The number of pyridine rings is 2. The highest BCUT2D eigenvalue weighted by molar-refractivity contribution is 6.34. The molecule has 0 amide bonds. The van der Waals surface area contributed by atoms with Crippen molar-refractivity contribution in [1.29, 1.82) is 0 Å². The average molecular weight is 379 g/mol. The van der Waals surface area contributed by atoms with Gasteiger partial charge >= 0.3 is 0 Å². The molecule has 0 aromatic carbocycles. The zero-order valence-corrected chi connectivity index (χ0v) is 14.1. The van der Waals surface area contributed by atoms with Crippen LogP contribution >= 0.6 is 24.0 Å². The summed E-state index contributed by atoms with van der Waals surface area (Å²) in [5, 5.41) is 1.86. The highest BCUT2D eigenvalue weighted by Gasteiger charge is 2.05. The van der Waals surface area contributed by atoms with Crippen molar-refractivity contribution in [2.75, 3.05) is 0 Å². The number of aromatic amines is 3. The number of hydrogen-bond donors (Lipinski definition) is 3. The molecule has 7 nitrogen and oxygen atoms in total. The lowest BCUT2D eigenvalue weighted by atomic mass is 10.2. The molecule has 0 bridgehead atoms. The van der Waals surface area contributed by atoms with Gasteiger partial charge in [-0.05, 0) is 12.1 Å². The topological polar surface area (TPSA) is 111 Å². The number of rotatable bonds is 2. The number of aldehydes is 2. The van der Waals surface area contributed by atoms with Crippen LogP contribution in [-0.2, 0) is 0 Å². The summed E-state index contributed by atoms with van der Waals surface area (Å²) < 4.78 is 0. The lowest BCUT2D eigenvalue weighted by Gasteiger charge is -1.94. The summed E-state index contributed by atoms with van der Waals surface area (Å²) in [6, 6.07) is 3.50. The van der Waals surface area contributed by atoms with Crippen molar-refractivity contribution in [3.63, 3.8) is 0 Å². The lowest BCUT2D eigenvalue weighted by Crippen LogP contribution is -2.06. The van der Waals surface area contributed by atoms with E-state index in [1.807, 2.05) is 0 Å². The number of carbonyl (C=O) groups excluding carboxylic acids is 2. The Hall–Kier alpha value is -2.90. The zero-order valence-electron chi connectivity index (χ0n) is 12.6. The van der Waals surface area contributed by atoms with Crippen LogP contribution in [0, 0.1) is 0 Å². The number of halogens is 2. The van der Waals surface area contributed by atoms with Crippen molar-refractivity contribution in [2.45, 2.75) is 0 Å². The lowest BCUT2D eigenvalue weighted by molar-refractivity contribution is 0.111. The fourth-order valence-electron chi connectivity index (χ4n) is 2.32. The van der Waals surface area contributed by atoms with Gasteiger partial charge in [0.1, 0.15) is 5.52 Å². The van der Waals surface area contributed by atoms with Crippen molar-refractivity contribution in [3.05, 3.63) is 63.6 Å². The predicted molar refractivity (Wildman–Crippen MR) is 98.0 cm³/mol. The van der Waals surface area contributed by atoms with Gasteiger partial charge in [0.25, 0.3) is 5.56 Å². The molecule has 25 heavy (non-hydrogen) atoms. The molecule has 4 heterocycles. The van der Waals surface area contributed by atoms with Gasteiger partial charge in [0, 0.05) is 46.7 Å². The molecule has 0 saturated carbocycles. The molecule has 4 aromatic rings. The van der Waals surface area contributed by atoms with Crippen LogP contribution in [0.2, 0.25) is 5.15 Å². The Balaban J connectivity index is 0.000000173. The first-order chi connectivity index (χ1) is 11.7. The Bertz CT molecular complexity index is 1100. The van der Waals surface area contributed by atoms with Crippen LogP contribution in [0.5, 0.6) is 0 Å². The Morgan fingerprint density at radius 2 is 1.52 bits per heavy atom. The molecule has 0 spiro atoms. The van der Waals surface area contributed by atoms with E-state index in [0.29, 0.717) is 39.0 Å². The van der Waals surface area contributed by atoms with Crippen molar-refractivity contribution < 1.29 is 9.59 Å². The Labute approximate surface area is 151 Å². The molecule has 4 aromatic heterocycles. The molecule has 0 fully saturated rings. The van der Waals surface area contributed by atoms with Crippen LogP contribution < -0.4 is 5.56 Å². The summed E-state index contributed by atoms with van der Waals surface area (Å²) in [5.74, 6) is 0. The SMILES string of the molecule is Cl.O=Cc1c[nH]c(=O)c2[nH]ccc12.O=Cc1cnc(Cl)c2[nH]ccc12. The monoisotopic (exact) mass is 378 g/mol. The quantitative estimate of drug-likeness (QED) is 0.367. The molecule has 128 valence electrons. The third-order valence-corrected chi connectivity index (χ3v) is 3.77. The zero-order chi connectivity index (χ0) is 17.1. The van der Waals surface area contributed by atoms with Gasteiger partial charge in [-0.15, -0.1) is 12.4 Å². The van der Waals surface area contributed by atoms with Crippen molar-refractivity contribution in [3.8, 4) is 0 Å².